The van der Waals surface area contributed by atoms with Crippen molar-refractivity contribution in [1.29, 1.82) is 0 Å². The predicted octanol–water partition coefficient (Wildman–Crippen LogP) is 3.39. The van der Waals surface area contributed by atoms with Gasteiger partial charge in [-0.15, -0.1) is 0 Å². The van der Waals surface area contributed by atoms with E-state index in [0.717, 1.165) is 11.0 Å². The first-order chi connectivity index (χ1) is 7.73. The summed E-state index contributed by atoms with van der Waals surface area (Å²) in [6.07, 6.45) is 0. The van der Waals surface area contributed by atoms with Crippen molar-refractivity contribution in [2.45, 2.75) is 19.4 Å². The molecule has 1 aromatic rings. The van der Waals surface area contributed by atoms with Crippen LogP contribution in [0.4, 0.5) is 0 Å². The van der Waals surface area contributed by atoms with Crippen LogP contribution >= 0.6 is 22.6 Å². The molecule has 3 heteroatoms. The van der Waals surface area contributed by atoms with E-state index in [9.17, 15) is 0 Å². The molecule has 0 aliphatic rings. The lowest BCUT2D eigenvalue weighted by Gasteiger charge is -2.28. The number of rotatable bonds is 7. The molecular formula is C13H19IO2. The van der Waals surface area contributed by atoms with E-state index in [1.807, 2.05) is 25.1 Å². The molecule has 0 saturated carbocycles. The second-order valence-electron chi connectivity index (χ2n) is 3.78. The zero-order chi connectivity index (χ0) is 11.9. The molecule has 2 nitrogen and oxygen atoms in total. The molecule has 1 unspecified atom stereocenters. The molecule has 0 bridgehead atoms. The monoisotopic (exact) mass is 334 g/mol. The van der Waals surface area contributed by atoms with Gasteiger partial charge in [-0.3, -0.25) is 0 Å². The molecule has 0 spiro atoms. The Hall–Kier alpha value is -0.130. The fourth-order valence-corrected chi connectivity index (χ4v) is 2.12. The third kappa shape index (κ3) is 4.03. The highest BCUT2D eigenvalue weighted by Crippen LogP contribution is 2.27. The lowest BCUT2D eigenvalue weighted by molar-refractivity contribution is -0.0433. The van der Waals surface area contributed by atoms with Gasteiger partial charge in [-0.2, -0.15) is 0 Å². The second kappa shape index (κ2) is 7.25. The smallest absolute Gasteiger partial charge is 0.0993 e. The maximum Gasteiger partial charge on any atom is 0.0993 e. The standard InChI is InChI=1S/C13H19IO2/c1-3-15-9-10-16-13(2,11-14)12-7-5-4-6-8-12/h4-8H,3,9-11H2,1-2H3. The zero-order valence-electron chi connectivity index (χ0n) is 9.91. The van der Waals surface area contributed by atoms with Gasteiger partial charge in [0.05, 0.1) is 18.8 Å². The summed E-state index contributed by atoms with van der Waals surface area (Å²) in [6.45, 7) is 6.17. The summed E-state index contributed by atoms with van der Waals surface area (Å²) < 4.78 is 12.1. The van der Waals surface area contributed by atoms with Crippen molar-refractivity contribution in [2.24, 2.45) is 0 Å². The lowest BCUT2D eigenvalue weighted by Crippen LogP contribution is -2.29. The number of ether oxygens (including phenoxy) is 2. The van der Waals surface area contributed by atoms with Gasteiger partial charge < -0.3 is 9.47 Å². The molecule has 1 aromatic carbocycles. The zero-order valence-corrected chi connectivity index (χ0v) is 12.1. The quantitative estimate of drug-likeness (QED) is 0.432. The lowest BCUT2D eigenvalue weighted by atomic mass is 9.98. The van der Waals surface area contributed by atoms with Crippen LogP contribution in [0.25, 0.3) is 0 Å². The summed E-state index contributed by atoms with van der Waals surface area (Å²) in [5, 5.41) is 0. The largest absolute Gasteiger partial charge is 0.379 e. The molecule has 0 fully saturated rings. The molecule has 0 radical (unpaired) electrons. The molecule has 0 N–H and O–H groups in total. The summed E-state index contributed by atoms with van der Waals surface area (Å²) in [5.74, 6) is 0. The second-order valence-corrected chi connectivity index (χ2v) is 4.54. The van der Waals surface area contributed by atoms with Gasteiger partial charge in [-0.05, 0) is 19.4 Å². The molecule has 16 heavy (non-hydrogen) atoms. The van der Waals surface area contributed by atoms with Gasteiger partial charge >= 0.3 is 0 Å². The Balaban J connectivity index is 2.56. The van der Waals surface area contributed by atoms with E-state index in [-0.39, 0.29) is 5.60 Å². The van der Waals surface area contributed by atoms with E-state index >= 15 is 0 Å². The van der Waals surface area contributed by atoms with Gasteiger partial charge in [0.25, 0.3) is 0 Å². The number of benzene rings is 1. The van der Waals surface area contributed by atoms with Gasteiger partial charge in [0.15, 0.2) is 0 Å². The number of hydrogen-bond donors (Lipinski definition) is 0. The van der Waals surface area contributed by atoms with Crippen molar-refractivity contribution >= 4 is 22.6 Å². The van der Waals surface area contributed by atoms with Crippen LogP contribution in [0.2, 0.25) is 0 Å². The summed E-state index contributed by atoms with van der Waals surface area (Å²) in [6, 6.07) is 10.3. The molecule has 90 valence electrons. The Labute approximate surface area is 111 Å². The molecule has 0 heterocycles. The van der Waals surface area contributed by atoms with Crippen molar-refractivity contribution in [1.82, 2.24) is 0 Å². The van der Waals surface area contributed by atoms with Crippen LogP contribution in [0.15, 0.2) is 30.3 Å². The molecular weight excluding hydrogens is 315 g/mol. The molecule has 0 saturated heterocycles. The maximum atomic E-state index is 5.93. The van der Waals surface area contributed by atoms with E-state index in [1.54, 1.807) is 0 Å². The number of alkyl halides is 1. The van der Waals surface area contributed by atoms with Gasteiger partial charge in [0.2, 0.25) is 0 Å². The van der Waals surface area contributed by atoms with Crippen LogP contribution in [-0.4, -0.2) is 24.2 Å². The van der Waals surface area contributed by atoms with E-state index in [2.05, 4.69) is 41.6 Å². The first-order valence-corrected chi connectivity index (χ1v) is 7.08. The first-order valence-electron chi connectivity index (χ1n) is 5.56. The third-order valence-corrected chi connectivity index (χ3v) is 3.95. The Morgan fingerprint density at radius 1 is 1.19 bits per heavy atom. The van der Waals surface area contributed by atoms with Crippen LogP contribution in [0.3, 0.4) is 0 Å². The van der Waals surface area contributed by atoms with E-state index < -0.39 is 0 Å². The van der Waals surface area contributed by atoms with E-state index in [4.69, 9.17) is 9.47 Å². The fraction of sp³-hybridized carbons (Fsp3) is 0.538. The van der Waals surface area contributed by atoms with Crippen LogP contribution in [-0.2, 0) is 15.1 Å². The van der Waals surface area contributed by atoms with E-state index in [1.165, 1.54) is 5.56 Å². The van der Waals surface area contributed by atoms with Crippen molar-refractivity contribution in [3.05, 3.63) is 35.9 Å². The van der Waals surface area contributed by atoms with Crippen LogP contribution < -0.4 is 0 Å². The number of halogens is 1. The van der Waals surface area contributed by atoms with E-state index in [0.29, 0.717) is 13.2 Å². The molecule has 0 aliphatic heterocycles. The van der Waals surface area contributed by atoms with Gasteiger partial charge in [0, 0.05) is 11.0 Å². The Morgan fingerprint density at radius 3 is 2.44 bits per heavy atom. The normalized spacial score (nSPS) is 14.7. The Morgan fingerprint density at radius 2 is 1.88 bits per heavy atom. The minimum absolute atomic E-state index is 0.209. The van der Waals surface area contributed by atoms with Crippen molar-refractivity contribution < 1.29 is 9.47 Å². The Kier molecular flexibility index (Phi) is 6.31. The molecule has 1 atom stereocenters. The third-order valence-electron chi connectivity index (χ3n) is 2.49. The highest BCUT2D eigenvalue weighted by Gasteiger charge is 2.25. The predicted molar refractivity (Wildman–Crippen MR) is 75.1 cm³/mol. The van der Waals surface area contributed by atoms with Crippen molar-refractivity contribution in [2.75, 3.05) is 24.2 Å². The summed E-state index contributed by atoms with van der Waals surface area (Å²) in [5.41, 5.74) is 1.01. The minimum Gasteiger partial charge on any atom is -0.379 e. The van der Waals surface area contributed by atoms with Crippen LogP contribution in [0.5, 0.6) is 0 Å². The molecule has 0 aliphatic carbocycles. The first kappa shape index (κ1) is 13.9. The number of hydrogen-bond acceptors (Lipinski definition) is 2. The average molecular weight is 334 g/mol. The highest BCUT2D eigenvalue weighted by atomic mass is 127. The van der Waals surface area contributed by atoms with Crippen LogP contribution in [0.1, 0.15) is 19.4 Å². The van der Waals surface area contributed by atoms with Crippen molar-refractivity contribution in [3.8, 4) is 0 Å². The fourth-order valence-electron chi connectivity index (χ4n) is 1.46. The maximum absolute atomic E-state index is 5.93. The van der Waals surface area contributed by atoms with Gasteiger partial charge in [0.1, 0.15) is 0 Å². The minimum atomic E-state index is -0.209. The molecule has 0 amide bonds. The highest BCUT2D eigenvalue weighted by molar-refractivity contribution is 14.1. The molecule has 1 rings (SSSR count). The van der Waals surface area contributed by atoms with Gasteiger partial charge in [-0.1, -0.05) is 52.9 Å². The van der Waals surface area contributed by atoms with Gasteiger partial charge in [-0.25, -0.2) is 0 Å². The topological polar surface area (TPSA) is 18.5 Å². The summed E-state index contributed by atoms with van der Waals surface area (Å²) in [7, 11) is 0. The average Bonchev–Trinajstić information content (AvgIpc) is 2.35. The van der Waals surface area contributed by atoms with Crippen LogP contribution in [0, 0.1) is 0 Å². The summed E-state index contributed by atoms with van der Waals surface area (Å²) in [4.78, 5) is 0. The SMILES string of the molecule is CCOCCOC(C)(CI)c1ccccc1. The molecule has 0 aromatic heterocycles. The summed E-state index contributed by atoms with van der Waals surface area (Å²) >= 11 is 2.36. The van der Waals surface area contributed by atoms with Crippen molar-refractivity contribution in [3.63, 3.8) is 0 Å². The Bertz CT molecular complexity index is 289.